The summed E-state index contributed by atoms with van der Waals surface area (Å²) in [5.41, 5.74) is 3.93. The first-order valence-electron chi connectivity index (χ1n) is 8.95. The summed E-state index contributed by atoms with van der Waals surface area (Å²) in [7, 11) is 3.07. The van der Waals surface area contributed by atoms with Crippen molar-refractivity contribution in [1.29, 1.82) is 0 Å². The molecule has 142 valence electrons. The van der Waals surface area contributed by atoms with Crippen molar-refractivity contribution in [3.8, 4) is 16.9 Å². The minimum Gasteiger partial charge on any atom is -0.497 e. The molecule has 2 N–H and O–H groups in total. The van der Waals surface area contributed by atoms with Crippen LogP contribution in [0.1, 0.15) is 15.9 Å². The molecule has 5 heteroatoms. The highest BCUT2D eigenvalue weighted by atomic mass is 16.5. The summed E-state index contributed by atoms with van der Waals surface area (Å²) in [5.74, 6) is 0.0669. The van der Waals surface area contributed by atoms with Crippen LogP contribution in [0.5, 0.6) is 5.75 Å². The smallest absolute Gasteiger partial charge is 0.253 e. The highest BCUT2D eigenvalue weighted by Crippen LogP contribution is 2.23. The number of anilines is 1. The van der Waals surface area contributed by atoms with Crippen LogP contribution in [0.15, 0.2) is 72.8 Å². The SMILES string of the molecule is CNC(=O)c1cc(OC)ccc1NC(=O)Cc1ccc(-c2ccccc2)cc1. The van der Waals surface area contributed by atoms with Crippen molar-refractivity contribution in [2.24, 2.45) is 0 Å². The number of carbonyl (C=O) groups excluding carboxylic acids is 2. The number of carbonyl (C=O) groups is 2. The van der Waals surface area contributed by atoms with Crippen LogP contribution >= 0.6 is 0 Å². The highest BCUT2D eigenvalue weighted by Gasteiger charge is 2.14. The Morgan fingerprint density at radius 2 is 1.57 bits per heavy atom. The van der Waals surface area contributed by atoms with E-state index in [9.17, 15) is 9.59 Å². The lowest BCUT2D eigenvalue weighted by molar-refractivity contribution is -0.115. The molecule has 2 amide bonds. The number of ether oxygens (including phenoxy) is 1. The van der Waals surface area contributed by atoms with E-state index in [-0.39, 0.29) is 18.2 Å². The molecular weight excluding hydrogens is 352 g/mol. The lowest BCUT2D eigenvalue weighted by Gasteiger charge is -2.12. The molecule has 0 aliphatic carbocycles. The van der Waals surface area contributed by atoms with Crippen LogP contribution in [0.25, 0.3) is 11.1 Å². The molecule has 0 radical (unpaired) electrons. The number of methoxy groups -OCH3 is 1. The van der Waals surface area contributed by atoms with Crippen molar-refractivity contribution in [1.82, 2.24) is 5.32 Å². The first kappa shape index (κ1) is 19.2. The molecule has 0 aromatic heterocycles. The number of hydrogen-bond donors (Lipinski definition) is 2. The van der Waals surface area contributed by atoms with Crippen molar-refractivity contribution in [2.45, 2.75) is 6.42 Å². The van der Waals surface area contributed by atoms with Gasteiger partial charge in [0, 0.05) is 7.05 Å². The van der Waals surface area contributed by atoms with Crippen molar-refractivity contribution >= 4 is 17.5 Å². The van der Waals surface area contributed by atoms with Gasteiger partial charge in [0.2, 0.25) is 5.91 Å². The number of nitrogens with one attached hydrogen (secondary N) is 2. The predicted octanol–water partition coefficient (Wildman–Crippen LogP) is 3.90. The number of rotatable bonds is 6. The van der Waals surface area contributed by atoms with Crippen molar-refractivity contribution in [3.05, 3.63) is 83.9 Å². The summed E-state index contributed by atoms with van der Waals surface area (Å²) in [6.07, 6.45) is 0.217. The van der Waals surface area contributed by atoms with Crippen LogP contribution in [0.2, 0.25) is 0 Å². The minimum atomic E-state index is -0.290. The molecule has 28 heavy (non-hydrogen) atoms. The Morgan fingerprint density at radius 3 is 2.21 bits per heavy atom. The Bertz CT molecular complexity index is 967. The van der Waals surface area contributed by atoms with Gasteiger partial charge in [-0.3, -0.25) is 9.59 Å². The Morgan fingerprint density at radius 1 is 0.893 bits per heavy atom. The molecule has 5 nitrogen and oxygen atoms in total. The Kier molecular flexibility index (Phi) is 6.07. The molecule has 0 saturated carbocycles. The van der Waals surface area contributed by atoms with E-state index in [4.69, 9.17) is 4.74 Å². The fourth-order valence-electron chi connectivity index (χ4n) is 2.91. The van der Waals surface area contributed by atoms with Gasteiger partial charge >= 0.3 is 0 Å². The van der Waals surface area contributed by atoms with Gasteiger partial charge in [-0.25, -0.2) is 0 Å². The maximum atomic E-state index is 12.5. The standard InChI is InChI=1S/C23H22N2O3/c1-24-23(27)20-15-19(28-2)12-13-21(20)25-22(26)14-16-8-10-18(11-9-16)17-6-4-3-5-7-17/h3-13,15H,14H2,1-2H3,(H,24,27)(H,25,26). The van der Waals surface area contributed by atoms with Crippen LogP contribution in [0, 0.1) is 0 Å². The normalized spacial score (nSPS) is 10.2. The van der Waals surface area contributed by atoms with Gasteiger partial charge in [-0.1, -0.05) is 54.6 Å². The van der Waals surface area contributed by atoms with E-state index in [1.54, 1.807) is 25.2 Å². The number of amides is 2. The lowest BCUT2D eigenvalue weighted by Crippen LogP contribution is -2.22. The molecule has 0 fully saturated rings. The lowest BCUT2D eigenvalue weighted by atomic mass is 10.0. The van der Waals surface area contributed by atoms with Gasteiger partial charge in [0.05, 0.1) is 24.8 Å². The van der Waals surface area contributed by atoms with Crippen LogP contribution in [-0.4, -0.2) is 26.0 Å². The molecule has 0 aliphatic rings. The van der Waals surface area contributed by atoms with Gasteiger partial charge in [0.1, 0.15) is 5.75 Å². The van der Waals surface area contributed by atoms with Crippen molar-refractivity contribution < 1.29 is 14.3 Å². The second-order valence-electron chi connectivity index (χ2n) is 6.28. The molecule has 3 rings (SSSR count). The third-order valence-electron chi connectivity index (χ3n) is 4.40. The van der Waals surface area contributed by atoms with E-state index in [0.29, 0.717) is 17.0 Å². The van der Waals surface area contributed by atoms with Crippen LogP contribution in [-0.2, 0) is 11.2 Å². The van der Waals surface area contributed by atoms with Gasteiger partial charge in [0.25, 0.3) is 5.91 Å². The van der Waals surface area contributed by atoms with Crippen molar-refractivity contribution in [2.75, 3.05) is 19.5 Å². The maximum absolute atomic E-state index is 12.5. The second kappa shape index (κ2) is 8.86. The summed E-state index contributed by atoms with van der Waals surface area (Å²) in [6, 6.07) is 22.9. The summed E-state index contributed by atoms with van der Waals surface area (Å²) in [6.45, 7) is 0. The third kappa shape index (κ3) is 4.57. The molecule has 0 heterocycles. The van der Waals surface area contributed by atoms with Crippen LogP contribution in [0.3, 0.4) is 0 Å². The fourth-order valence-corrected chi connectivity index (χ4v) is 2.91. The molecule has 3 aromatic carbocycles. The van der Waals surface area contributed by atoms with E-state index < -0.39 is 0 Å². The van der Waals surface area contributed by atoms with E-state index in [1.165, 1.54) is 7.11 Å². The van der Waals surface area contributed by atoms with E-state index in [1.807, 2.05) is 54.6 Å². The number of benzene rings is 3. The first-order valence-corrected chi connectivity index (χ1v) is 8.95. The van der Waals surface area contributed by atoms with Gasteiger partial charge in [-0.05, 0) is 34.9 Å². The van der Waals surface area contributed by atoms with E-state index in [0.717, 1.165) is 16.7 Å². The second-order valence-corrected chi connectivity index (χ2v) is 6.28. The molecule has 0 spiro atoms. The largest absolute Gasteiger partial charge is 0.497 e. The molecule has 0 atom stereocenters. The molecule has 0 unspecified atom stereocenters. The zero-order valence-corrected chi connectivity index (χ0v) is 15.9. The highest BCUT2D eigenvalue weighted by molar-refractivity contribution is 6.04. The quantitative estimate of drug-likeness (QED) is 0.688. The van der Waals surface area contributed by atoms with Crippen LogP contribution in [0.4, 0.5) is 5.69 Å². The molecule has 0 saturated heterocycles. The predicted molar refractivity (Wildman–Crippen MR) is 111 cm³/mol. The van der Waals surface area contributed by atoms with Gasteiger partial charge in [0.15, 0.2) is 0 Å². The Labute approximate surface area is 164 Å². The average Bonchev–Trinajstić information content (AvgIpc) is 2.74. The summed E-state index contributed by atoms with van der Waals surface area (Å²) >= 11 is 0. The van der Waals surface area contributed by atoms with E-state index in [2.05, 4.69) is 10.6 Å². The van der Waals surface area contributed by atoms with Gasteiger partial charge < -0.3 is 15.4 Å². The summed E-state index contributed by atoms with van der Waals surface area (Å²) in [4.78, 5) is 24.6. The maximum Gasteiger partial charge on any atom is 0.253 e. The van der Waals surface area contributed by atoms with E-state index >= 15 is 0 Å². The van der Waals surface area contributed by atoms with Gasteiger partial charge in [-0.15, -0.1) is 0 Å². The molecule has 0 aliphatic heterocycles. The average molecular weight is 374 g/mol. The zero-order chi connectivity index (χ0) is 19.9. The molecule has 0 bridgehead atoms. The fraction of sp³-hybridized carbons (Fsp3) is 0.130. The van der Waals surface area contributed by atoms with Crippen LogP contribution < -0.4 is 15.4 Å². The Hall–Kier alpha value is -3.60. The molecule has 3 aromatic rings. The summed E-state index contributed by atoms with van der Waals surface area (Å²) in [5, 5.41) is 5.39. The summed E-state index contributed by atoms with van der Waals surface area (Å²) < 4.78 is 5.16. The topological polar surface area (TPSA) is 67.4 Å². The zero-order valence-electron chi connectivity index (χ0n) is 15.9. The molecular formula is C23H22N2O3. The monoisotopic (exact) mass is 374 g/mol. The third-order valence-corrected chi connectivity index (χ3v) is 4.40. The van der Waals surface area contributed by atoms with Gasteiger partial charge in [-0.2, -0.15) is 0 Å². The first-order chi connectivity index (χ1) is 13.6. The minimum absolute atomic E-state index is 0.192. The Balaban J connectivity index is 1.71. The van der Waals surface area contributed by atoms with Crippen molar-refractivity contribution in [3.63, 3.8) is 0 Å². The number of hydrogen-bond acceptors (Lipinski definition) is 3.